The van der Waals surface area contributed by atoms with Crippen LogP contribution in [0, 0.1) is 12.3 Å². The van der Waals surface area contributed by atoms with E-state index in [1.165, 1.54) is 12.1 Å². The zero-order valence-corrected chi connectivity index (χ0v) is 15.7. The fourth-order valence-electron chi connectivity index (χ4n) is 2.81. The Bertz CT molecular complexity index is 750. The van der Waals surface area contributed by atoms with Crippen LogP contribution in [0.25, 0.3) is 0 Å². The van der Waals surface area contributed by atoms with Crippen molar-refractivity contribution >= 4 is 15.9 Å². The summed E-state index contributed by atoms with van der Waals surface area (Å²) >= 11 is 0. The van der Waals surface area contributed by atoms with Crippen molar-refractivity contribution in [2.24, 2.45) is 0 Å². The lowest BCUT2D eigenvalue weighted by Crippen LogP contribution is -2.45. The Balaban J connectivity index is 1.94. The number of terminal acetylenes is 1. The molecule has 1 fully saturated rings. The number of benzene rings is 1. The molecule has 0 saturated carbocycles. The number of ether oxygens (including phenoxy) is 1. The number of likely N-dealkylation sites (tertiary alicyclic amines) is 1. The average molecular weight is 379 g/mol. The quantitative estimate of drug-likeness (QED) is 0.640. The fourth-order valence-corrected chi connectivity index (χ4v) is 3.79. The van der Waals surface area contributed by atoms with Crippen molar-refractivity contribution in [3.8, 4) is 12.3 Å². The number of nitrogens with zero attached hydrogens (tertiary/aromatic N) is 1. The van der Waals surface area contributed by atoms with E-state index in [0.29, 0.717) is 12.2 Å². The summed E-state index contributed by atoms with van der Waals surface area (Å²) < 4.78 is 31.6. The van der Waals surface area contributed by atoms with E-state index in [1.807, 2.05) is 0 Å². The van der Waals surface area contributed by atoms with Gasteiger partial charge in [0.2, 0.25) is 10.0 Å². The maximum absolute atomic E-state index is 12.5. The highest BCUT2D eigenvalue weighted by atomic mass is 32.2. The van der Waals surface area contributed by atoms with Crippen LogP contribution in [0.1, 0.15) is 23.2 Å². The van der Waals surface area contributed by atoms with Gasteiger partial charge in [-0.3, -0.25) is 4.79 Å². The van der Waals surface area contributed by atoms with E-state index in [-0.39, 0.29) is 23.4 Å². The van der Waals surface area contributed by atoms with Crippen LogP contribution >= 0.6 is 0 Å². The van der Waals surface area contributed by atoms with Gasteiger partial charge in [-0.25, -0.2) is 8.42 Å². The Kier molecular flexibility index (Phi) is 7.60. The topological polar surface area (TPSA) is 87.7 Å². The van der Waals surface area contributed by atoms with Crippen LogP contribution in [0.4, 0.5) is 0 Å². The van der Waals surface area contributed by atoms with E-state index in [0.717, 1.165) is 32.5 Å². The largest absolute Gasteiger partial charge is 0.383 e. The third-order valence-corrected chi connectivity index (χ3v) is 5.70. The molecular weight excluding hydrogens is 354 g/mol. The smallest absolute Gasteiger partial charge is 0.251 e. The van der Waals surface area contributed by atoms with Gasteiger partial charge in [0.25, 0.3) is 5.91 Å². The van der Waals surface area contributed by atoms with Gasteiger partial charge >= 0.3 is 0 Å². The second-order valence-corrected chi connectivity index (χ2v) is 7.91. The standard InChI is InChI=1S/C18H25N3O4S/c1-3-9-19-26(23,24)17-6-4-5-15(14-17)18(22)20-16-7-10-21(11-8-16)12-13-25-2/h1,4-6,14,16,19H,7-13H2,2H3,(H,20,22). The predicted molar refractivity (Wildman–Crippen MR) is 99.3 cm³/mol. The van der Waals surface area contributed by atoms with Gasteiger partial charge in [0, 0.05) is 38.3 Å². The number of carbonyl (C=O) groups is 1. The van der Waals surface area contributed by atoms with Crippen molar-refractivity contribution in [1.82, 2.24) is 14.9 Å². The molecule has 1 aromatic rings. The number of hydrogen-bond donors (Lipinski definition) is 2. The van der Waals surface area contributed by atoms with E-state index in [1.54, 1.807) is 19.2 Å². The highest BCUT2D eigenvalue weighted by molar-refractivity contribution is 7.89. The summed E-state index contributed by atoms with van der Waals surface area (Å²) in [6.07, 6.45) is 6.80. The summed E-state index contributed by atoms with van der Waals surface area (Å²) in [5.74, 6) is 1.95. The summed E-state index contributed by atoms with van der Waals surface area (Å²) in [6, 6.07) is 6.03. The van der Waals surface area contributed by atoms with Crippen molar-refractivity contribution in [2.45, 2.75) is 23.8 Å². The SMILES string of the molecule is C#CCNS(=O)(=O)c1cccc(C(=O)NC2CCN(CCOC)CC2)c1. The second-order valence-electron chi connectivity index (χ2n) is 6.14. The van der Waals surface area contributed by atoms with Gasteiger partial charge in [-0.05, 0) is 31.0 Å². The zero-order chi connectivity index (χ0) is 19.0. The van der Waals surface area contributed by atoms with E-state index in [2.05, 4.69) is 20.9 Å². The first kappa shape index (κ1) is 20.4. The number of sulfonamides is 1. The lowest BCUT2D eigenvalue weighted by molar-refractivity contribution is 0.0892. The normalized spacial score (nSPS) is 16.2. The molecule has 2 rings (SSSR count). The molecule has 0 unspecified atom stereocenters. The average Bonchev–Trinajstić information content (AvgIpc) is 2.66. The van der Waals surface area contributed by atoms with Crippen LogP contribution in [0.5, 0.6) is 0 Å². The Morgan fingerprint density at radius 2 is 2.12 bits per heavy atom. The molecular formula is C18H25N3O4S. The van der Waals surface area contributed by atoms with Gasteiger partial charge in [0.1, 0.15) is 0 Å². The van der Waals surface area contributed by atoms with Gasteiger partial charge in [0.15, 0.2) is 0 Å². The fraction of sp³-hybridized carbons (Fsp3) is 0.500. The molecule has 142 valence electrons. The molecule has 1 aromatic carbocycles. The van der Waals surface area contributed by atoms with Crippen molar-refractivity contribution < 1.29 is 17.9 Å². The number of piperidine rings is 1. The number of methoxy groups -OCH3 is 1. The minimum atomic E-state index is -3.72. The van der Waals surface area contributed by atoms with Crippen LogP contribution in [-0.4, -0.2) is 65.2 Å². The molecule has 8 heteroatoms. The molecule has 1 aliphatic heterocycles. The summed E-state index contributed by atoms with van der Waals surface area (Å²) in [7, 11) is -2.03. The maximum atomic E-state index is 12.5. The first-order valence-electron chi connectivity index (χ1n) is 8.51. The number of rotatable bonds is 8. The lowest BCUT2D eigenvalue weighted by atomic mass is 10.0. The number of amides is 1. The first-order chi connectivity index (χ1) is 12.5. The molecule has 0 bridgehead atoms. The molecule has 1 aliphatic rings. The van der Waals surface area contributed by atoms with Crippen molar-refractivity contribution in [3.63, 3.8) is 0 Å². The van der Waals surface area contributed by atoms with Gasteiger partial charge in [-0.15, -0.1) is 6.42 Å². The Morgan fingerprint density at radius 1 is 1.38 bits per heavy atom. The van der Waals surface area contributed by atoms with Crippen LogP contribution in [0.15, 0.2) is 29.2 Å². The Labute approximate surface area is 155 Å². The second kappa shape index (κ2) is 9.69. The van der Waals surface area contributed by atoms with Gasteiger partial charge < -0.3 is 15.0 Å². The number of carbonyl (C=O) groups excluding carboxylic acids is 1. The maximum Gasteiger partial charge on any atom is 0.251 e. The summed E-state index contributed by atoms with van der Waals surface area (Å²) in [5.41, 5.74) is 0.315. The van der Waals surface area contributed by atoms with Gasteiger partial charge in [-0.2, -0.15) is 4.72 Å². The molecule has 7 nitrogen and oxygen atoms in total. The zero-order valence-electron chi connectivity index (χ0n) is 14.9. The third kappa shape index (κ3) is 5.81. The summed E-state index contributed by atoms with van der Waals surface area (Å²) in [6.45, 7) is 3.30. The monoisotopic (exact) mass is 379 g/mol. The van der Waals surface area contributed by atoms with Gasteiger partial charge in [-0.1, -0.05) is 12.0 Å². The molecule has 26 heavy (non-hydrogen) atoms. The van der Waals surface area contributed by atoms with Crippen LogP contribution < -0.4 is 10.0 Å². The molecule has 0 atom stereocenters. The number of nitrogens with one attached hydrogen (secondary N) is 2. The van der Waals surface area contributed by atoms with Crippen molar-refractivity contribution in [2.75, 3.05) is 39.9 Å². The van der Waals surface area contributed by atoms with E-state index >= 15 is 0 Å². The molecule has 1 amide bonds. The lowest BCUT2D eigenvalue weighted by Gasteiger charge is -2.32. The highest BCUT2D eigenvalue weighted by Gasteiger charge is 2.22. The first-order valence-corrected chi connectivity index (χ1v) is 10.00. The Morgan fingerprint density at radius 3 is 2.77 bits per heavy atom. The predicted octanol–water partition coefficient (Wildman–Crippen LogP) is 0.439. The third-order valence-electron chi connectivity index (χ3n) is 4.31. The Hall–Kier alpha value is -1.92. The molecule has 0 aliphatic carbocycles. The van der Waals surface area contributed by atoms with Crippen LogP contribution in [0.2, 0.25) is 0 Å². The van der Waals surface area contributed by atoms with E-state index in [4.69, 9.17) is 11.2 Å². The minimum Gasteiger partial charge on any atom is -0.383 e. The van der Waals surface area contributed by atoms with E-state index < -0.39 is 10.0 Å². The van der Waals surface area contributed by atoms with E-state index in [9.17, 15) is 13.2 Å². The van der Waals surface area contributed by atoms with Crippen molar-refractivity contribution in [1.29, 1.82) is 0 Å². The van der Waals surface area contributed by atoms with Crippen molar-refractivity contribution in [3.05, 3.63) is 29.8 Å². The molecule has 0 radical (unpaired) electrons. The number of hydrogen-bond acceptors (Lipinski definition) is 5. The molecule has 0 spiro atoms. The molecule has 1 heterocycles. The molecule has 2 N–H and O–H groups in total. The summed E-state index contributed by atoms with van der Waals surface area (Å²) in [5, 5.41) is 2.99. The van der Waals surface area contributed by atoms with Crippen LogP contribution in [0.3, 0.4) is 0 Å². The minimum absolute atomic E-state index is 0.0229. The molecule has 0 aromatic heterocycles. The highest BCUT2D eigenvalue weighted by Crippen LogP contribution is 2.14. The van der Waals surface area contributed by atoms with Crippen LogP contribution in [-0.2, 0) is 14.8 Å². The molecule has 1 saturated heterocycles. The van der Waals surface area contributed by atoms with Gasteiger partial charge in [0.05, 0.1) is 18.0 Å². The summed E-state index contributed by atoms with van der Waals surface area (Å²) in [4.78, 5) is 14.8.